The first-order valence-corrected chi connectivity index (χ1v) is 8.99. The van der Waals surface area contributed by atoms with Gasteiger partial charge in [-0.2, -0.15) is 5.26 Å². The van der Waals surface area contributed by atoms with Gasteiger partial charge in [0.2, 0.25) is 5.91 Å². The van der Waals surface area contributed by atoms with Crippen LogP contribution in [0.5, 0.6) is 0 Å². The topological polar surface area (TPSA) is 68.6 Å². The van der Waals surface area contributed by atoms with E-state index in [-0.39, 0.29) is 11.9 Å². The fourth-order valence-corrected chi connectivity index (χ4v) is 4.11. The van der Waals surface area contributed by atoms with Gasteiger partial charge < -0.3 is 15.0 Å². The molecule has 0 radical (unpaired) electrons. The fraction of sp³-hybridized carbons (Fsp3) is 0.882. The summed E-state index contributed by atoms with van der Waals surface area (Å²) in [6.07, 6.45) is 5.34. The first-order valence-electron chi connectivity index (χ1n) is 8.99. The highest BCUT2D eigenvalue weighted by Gasteiger charge is 2.30. The van der Waals surface area contributed by atoms with Gasteiger partial charge in [0.1, 0.15) is 6.04 Å². The van der Waals surface area contributed by atoms with Crippen molar-refractivity contribution in [2.45, 2.75) is 44.2 Å². The van der Waals surface area contributed by atoms with Crippen LogP contribution in [0, 0.1) is 17.2 Å². The SMILES string of the molecule is N#CC1CCCN1C(=O)CNC1CCC(CN2CCOCC2)C1. The predicted octanol–water partition coefficient (Wildman–Crippen LogP) is 0.591. The lowest BCUT2D eigenvalue weighted by atomic mass is 10.1. The van der Waals surface area contributed by atoms with Crippen molar-refractivity contribution in [3.05, 3.63) is 0 Å². The third-order valence-electron chi connectivity index (χ3n) is 5.43. The molecule has 3 atom stereocenters. The summed E-state index contributed by atoms with van der Waals surface area (Å²) in [5, 5.41) is 12.5. The zero-order valence-corrected chi connectivity index (χ0v) is 13.9. The Morgan fingerprint density at radius 2 is 2.04 bits per heavy atom. The normalized spacial score (nSPS) is 32.1. The Hall–Kier alpha value is -1.16. The van der Waals surface area contributed by atoms with E-state index < -0.39 is 0 Å². The average molecular weight is 320 g/mol. The Bertz CT molecular complexity index is 444. The van der Waals surface area contributed by atoms with E-state index in [4.69, 9.17) is 10.00 Å². The van der Waals surface area contributed by atoms with Crippen LogP contribution in [0.3, 0.4) is 0 Å². The van der Waals surface area contributed by atoms with Crippen LogP contribution < -0.4 is 5.32 Å². The van der Waals surface area contributed by atoms with Crippen LogP contribution >= 0.6 is 0 Å². The van der Waals surface area contributed by atoms with Crippen LogP contribution in [0.25, 0.3) is 0 Å². The summed E-state index contributed by atoms with van der Waals surface area (Å²) in [4.78, 5) is 16.5. The molecule has 3 aliphatic rings. The molecule has 3 unspecified atom stereocenters. The molecule has 2 aliphatic heterocycles. The Morgan fingerprint density at radius 1 is 1.22 bits per heavy atom. The lowest BCUT2D eigenvalue weighted by Crippen LogP contribution is -2.43. The predicted molar refractivity (Wildman–Crippen MR) is 86.7 cm³/mol. The molecule has 1 amide bonds. The molecular formula is C17H28N4O2. The molecule has 3 fully saturated rings. The van der Waals surface area contributed by atoms with Crippen molar-refractivity contribution in [3.8, 4) is 6.07 Å². The number of hydrogen-bond donors (Lipinski definition) is 1. The largest absolute Gasteiger partial charge is 0.379 e. The summed E-state index contributed by atoms with van der Waals surface area (Å²) in [5.74, 6) is 0.824. The molecule has 0 aromatic heterocycles. The molecule has 2 saturated heterocycles. The quantitative estimate of drug-likeness (QED) is 0.803. The van der Waals surface area contributed by atoms with Crippen molar-refractivity contribution in [1.82, 2.24) is 15.1 Å². The summed E-state index contributed by atoms with van der Waals surface area (Å²) in [7, 11) is 0. The number of rotatable bonds is 5. The number of carbonyl (C=O) groups is 1. The number of nitrogens with one attached hydrogen (secondary N) is 1. The Balaban J connectivity index is 1.36. The number of nitriles is 1. The zero-order valence-electron chi connectivity index (χ0n) is 13.9. The van der Waals surface area contributed by atoms with Crippen LogP contribution in [-0.4, -0.2) is 73.7 Å². The molecule has 0 aromatic carbocycles. The second kappa shape index (κ2) is 8.09. The van der Waals surface area contributed by atoms with Gasteiger partial charge in [0.25, 0.3) is 0 Å². The highest BCUT2D eigenvalue weighted by Crippen LogP contribution is 2.26. The van der Waals surface area contributed by atoms with Crippen molar-refractivity contribution in [3.63, 3.8) is 0 Å². The highest BCUT2D eigenvalue weighted by molar-refractivity contribution is 5.79. The summed E-state index contributed by atoms with van der Waals surface area (Å²) >= 11 is 0. The van der Waals surface area contributed by atoms with Crippen molar-refractivity contribution in [2.75, 3.05) is 45.9 Å². The third kappa shape index (κ3) is 4.43. The van der Waals surface area contributed by atoms with E-state index in [9.17, 15) is 4.79 Å². The first kappa shape index (κ1) is 16.7. The maximum atomic E-state index is 12.3. The summed E-state index contributed by atoms with van der Waals surface area (Å²) in [6.45, 7) is 6.11. The molecule has 0 bridgehead atoms. The van der Waals surface area contributed by atoms with Crippen LogP contribution in [0.1, 0.15) is 32.1 Å². The van der Waals surface area contributed by atoms with Gasteiger partial charge in [-0.25, -0.2) is 0 Å². The van der Waals surface area contributed by atoms with E-state index >= 15 is 0 Å². The van der Waals surface area contributed by atoms with Crippen molar-refractivity contribution in [2.24, 2.45) is 5.92 Å². The van der Waals surface area contributed by atoms with E-state index in [0.29, 0.717) is 12.6 Å². The summed E-state index contributed by atoms with van der Waals surface area (Å²) in [5.41, 5.74) is 0. The molecular weight excluding hydrogens is 292 g/mol. The smallest absolute Gasteiger partial charge is 0.237 e. The molecule has 128 valence electrons. The average Bonchev–Trinajstić information content (AvgIpc) is 3.22. The van der Waals surface area contributed by atoms with Gasteiger partial charge in [-0.15, -0.1) is 0 Å². The minimum atomic E-state index is -0.207. The zero-order chi connectivity index (χ0) is 16.1. The van der Waals surface area contributed by atoms with Crippen molar-refractivity contribution >= 4 is 5.91 Å². The van der Waals surface area contributed by atoms with Gasteiger partial charge >= 0.3 is 0 Å². The van der Waals surface area contributed by atoms with E-state index in [0.717, 1.165) is 71.0 Å². The lowest BCUT2D eigenvalue weighted by Gasteiger charge is -2.29. The number of amides is 1. The van der Waals surface area contributed by atoms with Crippen molar-refractivity contribution < 1.29 is 9.53 Å². The van der Waals surface area contributed by atoms with Crippen LogP contribution in [0.15, 0.2) is 0 Å². The maximum Gasteiger partial charge on any atom is 0.237 e. The van der Waals surface area contributed by atoms with Gasteiger partial charge in [0.05, 0.1) is 25.8 Å². The third-order valence-corrected chi connectivity index (χ3v) is 5.43. The number of ether oxygens (including phenoxy) is 1. The molecule has 6 nitrogen and oxygen atoms in total. The number of nitrogens with zero attached hydrogens (tertiary/aromatic N) is 3. The summed E-state index contributed by atoms with van der Waals surface area (Å²) in [6, 6.07) is 2.48. The van der Waals surface area contributed by atoms with Crippen molar-refractivity contribution in [1.29, 1.82) is 5.26 Å². The number of carbonyl (C=O) groups excluding carboxylic acids is 1. The van der Waals surface area contributed by atoms with Gasteiger partial charge in [0, 0.05) is 32.2 Å². The van der Waals surface area contributed by atoms with E-state index in [2.05, 4.69) is 16.3 Å². The van der Waals surface area contributed by atoms with Gasteiger partial charge in [0.15, 0.2) is 0 Å². The molecule has 1 N–H and O–H groups in total. The molecule has 23 heavy (non-hydrogen) atoms. The second-order valence-electron chi connectivity index (χ2n) is 7.04. The monoisotopic (exact) mass is 320 g/mol. The van der Waals surface area contributed by atoms with Crippen LogP contribution in [-0.2, 0) is 9.53 Å². The standard InChI is InChI=1S/C17H28N4O2/c18-11-16-2-1-5-21(16)17(22)12-19-15-4-3-14(10-15)13-20-6-8-23-9-7-20/h14-16,19H,1-10,12-13H2. The highest BCUT2D eigenvalue weighted by atomic mass is 16.5. The van der Waals surface area contributed by atoms with E-state index in [1.165, 1.54) is 6.42 Å². The van der Waals surface area contributed by atoms with Gasteiger partial charge in [-0.3, -0.25) is 9.69 Å². The Morgan fingerprint density at radius 3 is 2.83 bits per heavy atom. The van der Waals surface area contributed by atoms with E-state index in [1.54, 1.807) is 4.90 Å². The fourth-order valence-electron chi connectivity index (χ4n) is 4.11. The molecule has 6 heteroatoms. The second-order valence-corrected chi connectivity index (χ2v) is 7.04. The van der Waals surface area contributed by atoms with Gasteiger partial charge in [-0.05, 0) is 38.0 Å². The minimum absolute atomic E-state index is 0.0886. The van der Waals surface area contributed by atoms with Crippen LogP contribution in [0.4, 0.5) is 0 Å². The van der Waals surface area contributed by atoms with E-state index in [1.807, 2.05) is 0 Å². The van der Waals surface area contributed by atoms with Gasteiger partial charge in [-0.1, -0.05) is 0 Å². The molecule has 2 heterocycles. The van der Waals surface area contributed by atoms with Crippen LogP contribution in [0.2, 0.25) is 0 Å². The number of hydrogen-bond acceptors (Lipinski definition) is 5. The number of likely N-dealkylation sites (tertiary alicyclic amines) is 1. The number of morpholine rings is 1. The molecule has 1 aliphatic carbocycles. The summed E-state index contributed by atoms with van der Waals surface area (Å²) < 4.78 is 5.40. The maximum absolute atomic E-state index is 12.3. The first-order chi connectivity index (χ1) is 11.3. The molecule has 0 spiro atoms. The molecule has 1 saturated carbocycles. The Kier molecular flexibility index (Phi) is 5.87. The molecule has 3 rings (SSSR count). The molecule has 0 aromatic rings. The minimum Gasteiger partial charge on any atom is -0.379 e. The lowest BCUT2D eigenvalue weighted by molar-refractivity contribution is -0.130. The Labute approximate surface area is 138 Å².